The lowest BCUT2D eigenvalue weighted by Gasteiger charge is -2.04. The molecule has 0 saturated carbocycles. The lowest BCUT2D eigenvalue weighted by molar-refractivity contribution is -0.120. The van der Waals surface area contributed by atoms with Crippen molar-refractivity contribution in [2.24, 2.45) is 5.10 Å². The van der Waals surface area contributed by atoms with Gasteiger partial charge in [0.15, 0.2) is 0 Å². The van der Waals surface area contributed by atoms with Crippen molar-refractivity contribution in [3.05, 3.63) is 50.7 Å². The van der Waals surface area contributed by atoms with E-state index < -0.39 is 11.2 Å². The van der Waals surface area contributed by atoms with Crippen molar-refractivity contribution < 1.29 is 9.53 Å². The summed E-state index contributed by atoms with van der Waals surface area (Å²) in [5.41, 5.74) is 1.85. The van der Waals surface area contributed by atoms with Gasteiger partial charge >= 0.3 is 5.69 Å². The molecule has 0 spiro atoms. The SMILES string of the molecule is CCCOc1ccc(/C=N/NC(=O)CCNc2n[nH]c(=O)[nH]c2=O)cc1. The quantitative estimate of drug-likeness (QED) is 0.372. The molecular weight excluding hydrogens is 340 g/mol. The van der Waals surface area contributed by atoms with Gasteiger partial charge in [0.05, 0.1) is 12.8 Å². The van der Waals surface area contributed by atoms with Crippen molar-refractivity contribution in [2.45, 2.75) is 19.8 Å². The molecule has 1 amide bonds. The van der Waals surface area contributed by atoms with Crippen LogP contribution in [0.2, 0.25) is 0 Å². The second-order valence-corrected chi connectivity index (χ2v) is 5.24. The highest BCUT2D eigenvalue weighted by molar-refractivity contribution is 5.82. The Hall–Kier alpha value is -3.43. The van der Waals surface area contributed by atoms with Crippen molar-refractivity contribution in [3.8, 4) is 5.75 Å². The van der Waals surface area contributed by atoms with E-state index in [1.807, 2.05) is 36.2 Å². The number of nitrogens with zero attached hydrogens (tertiary/aromatic N) is 2. The third kappa shape index (κ3) is 6.23. The van der Waals surface area contributed by atoms with E-state index >= 15 is 0 Å². The van der Waals surface area contributed by atoms with Crippen LogP contribution in [0.4, 0.5) is 5.82 Å². The van der Waals surface area contributed by atoms with Crippen LogP contribution < -0.4 is 26.7 Å². The van der Waals surface area contributed by atoms with E-state index in [0.717, 1.165) is 17.7 Å². The summed E-state index contributed by atoms with van der Waals surface area (Å²) in [7, 11) is 0. The Morgan fingerprint density at radius 2 is 2.08 bits per heavy atom. The maximum absolute atomic E-state index is 11.7. The molecule has 0 radical (unpaired) electrons. The number of aromatic nitrogens is 3. The first kappa shape index (κ1) is 18.9. The van der Waals surface area contributed by atoms with Gasteiger partial charge in [-0.3, -0.25) is 14.6 Å². The highest BCUT2D eigenvalue weighted by Crippen LogP contribution is 2.11. The monoisotopic (exact) mass is 360 g/mol. The van der Waals surface area contributed by atoms with Gasteiger partial charge in [-0.1, -0.05) is 6.92 Å². The highest BCUT2D eigenvalue weighted by Gasteiger charge is 2.03. The molecule has 0 atom stereocenters. The minimum Gasteiger partial charge on any atom is -0.494 e. The summed E-state index contributed by atoms with van der Waals surface area (Å²) >= 11 is 0. The topological polar surface area (TPSA) is 141 Å². The van der Waals surface area contributed by atoms with Crippen molar-refractivity contribution in [1.82, 2.24) is 20.6 Å². The Kier molecular flexibility index (Phi) is 7.10. The van der Waals surface area contributed by atoms with E-state index in [0.29, 0.717) is 6.61 Å². The molecule has 0 fully saturated rings. The van der Waals surface area contributed by atoms with E-state index in [9.17, 15) is 14.4 Å². The van der Waals surface area contributed by atoms with Crippen LogP contribution in [0.5, 0.6) is 5.75 Å². The number of anilines is 1. The molecule has 138 valence electrons. The predicted octanol–water partition coefficient (Wildman–Crippen LogP) is 0.199. The number of benzene rings is 1. The summed E-state index contributed by atoms with van der Waals surface area (Å²) in [6, 6.07) is 7.32. The van der Waals surface area contributed by atoms with E-state index in [1.54, 1.807) is 0 Å². The predicted molar refractivity (Wildman–Crippen MR) is 96.5 cm³/mol. The molecule has 1 aromatic heterocycles. The van der Waals surface area contributed by atoms with Crippen molar-refractivity contribution in [3.63, 3.8) is 0 Å². The van der Waals surface area contributed by atoms with E-state index in [1.165, 1.54) is 6.21 Å². The number of rotatable bonds is 9. The summed E-state index contributed by atoms with van der Waals surface area (Å²) in [5, 5.41) is 12.1. The number of hydrogen-bond donors (Lipinski definition) is 4. The molecule has 4 N–H and O–H groups in total. The van der Waals surface area contributed by atoms with Crippen LogP contribution >= 0.6 is 0 Å². The van der Waals surface area contributed by atoms with Crippen LogP contribution in [0.1, 0.15) is 25.3 Å². The second kappa shape index (κ2) is 9.77. The summed E-state index contributed by atoms with van der Waals surface area (Å²) in [6.07, 6.45) is 2.53. The molecule has 10 nitrogen and oxygen atoms in total. The number of carbonyl (C=O) groups is 1. The first-order valence-electron chi connectivity index (χ1n) is 8.06. The zero-order valence-electron chi connectivity index (χ0n) is 14.2. The zero-order chi connectivity index (χ0) is 18.8. The third-order valence-electron chi connectivity index (χ3n) is 3.11. The fraction of sp³-hybridized carbons (Fsp3) is 0.312. The molecule has 0 aliphatic heterocycles. The molecule has 0 aliphatic carbocycles. The lowest BCUT2D eigenvalue weighted by atomic mass is 10.2. The van der Waals surface area contributed by atoms with Crippen LogP contribution in [-0.2, 0) is 4.79 Å². The number of carbonyl (C=O) groups excluding carboxylic acids is 1. The van der Waals surface area contributed by atoms with Gasteiger partial charge in [0.1, 0.15) is 5.75 Å². The molecule has 0 saturated heterocycles. The van der Waals surface area contributed by atoms with Crippen molar-refractivity contribution >= 4 is 17.9 Å². The van der Waals surface area contributed by atoms with Gasteiger partial charge in [0, 0.05) is 13.0 Å². The molecular formula is C16H20N6O4. The maximum atomic E-state index is 11.7. The first-order chi connectivity index (χ1) is 12.6. The van der Waals surface area contributed by atoms with E-state index in [-0.39, 0.29) is 24.7 Å². The first-order valence-corrected chi connectivity index (χ1v) is 8.06. The summed E-state index contributed by atoms with van der Waals surface area (Å²) in [4.78, 5) is 35.9. The van der Waals surface area contributed by atoms with Crippen molar-refractivity contribution in [2.75, 3.05) is 18.5 Å². The standard InChI is InChI=1S/C16H20N6O4/c1-2-9-26-12-5-3-11(4-6-12)10-18-20-13(23)7-8-17-14-15(24)19-16(25)22-21-14/h3-6,10H,2,7-9H2,1H3,(H,17,21)(H,20,23)(H2,19,22,24,25)/b18-10+. The fourth-order valence-electron chi connectivity index (χ4n) is 1.87. The van der Waals surface area contributed by atoms with E-state index in [2.05, 4.69) is 26.0 Å². The number of ether oxygens (including phenoxy) is 1. The number of H-pyrrole nitrogens is 2. The molecule has 0 aliphatic rings. The fourth-order valence-corrected chi connectivity index (χ4v) is 1.87. The second-order valence-electron chi connectivity index (χ2n) is 5.24. The average Bonchev–Trinajstić information content (AvgIpc) is 2.63. The molecule has 26 heavy (non-hydrogen) atoms. The molecule has 0 bridgehead atoms. The molecule has 1 heterocycles. The van der Waals surface area contributed by atoms with Crippen LogP contribution in [0, 0.1) is 0 Å². The minimum absolute atomic E-state index is 0.0636. The van der Waals surface area contributed by atoms with Gasteiger partial charge in [-0.25, -0.2) is 15.3 Å². The smallest absolute Gasteiger partial charge is 0.342 e. The Morgan fingerprint density at radius 1 is 1.31 bits per heavy atom. The summed E-state index contributed by atoms with van der Waals surface area (Å²) < 4.78 is 5.48. The van der Waals surface area contributed by atoms with Crippen LogP contribution in [0.3, 0.4) is 0 Å². The lowest BCUT2D eigenvalue weighted by Crippen LogP contribution is -2.28. The largest absolute Gasteiger partial charge is 0.494 e. The number of aromatic amines is 2. The Balaban J connectivity index is 1.73. The summed E-state index contributed by atoms with van der Waals surface area (Å²) in [6.45, 7) is 2.86. The van der Waals surface area contributed by atoms with Gasteiger partial charge < -0.3 is 10.1 Å². The third-order valence-corrected chi connectivity index (χ3v) is 3.11. The Morgan fingerprint density at radius 3 is 2.77 bits per heavy atom. The normalized spacial score (nSPS) is 10.7. The van der Waals surface area contributed by atoms with Crippen LogP contribution in [0.15, 0.2) is 39.0 Å². The Bertz CT molecular complexity index is 856. The zero-order valence-corrected chi connectivity index (χ0v) is 14.2. The number of nitrogens with one attached hydrogen (secondary N) is 4. The van der Waals surface area contributed by atoms with Crippen LogP contribution in [0.25, 0.3) is 0 Å². The molecule has 2 aromatic rings. The van der Waals surface area contributed by atoms with Gasteiger partial charge in [0.25, 0.3) is 5.56 Å². The Labute approximate surface area is 148 Å². The van der Waals surface area contributed by atoms with Gasteiger partial charge in [-0.05, 0) is 36.2 Å². The molecule has 1 aromatic carbocycles. The molecule has 10 heteroatoms. The molecule has 0 unspecified atom stereocenters. The minimum atomic E-state index is -0.697. The summed E-state index contributed by atoms with van der Waals surface area (Å²) in [5.74, 6) is 0.383. The number of hydrogen-bond acceptors (Lipinski definition) is 7. The number of hydrazone groups is 1. The van der Waals surface area contributed by atoms with Crippen molar-refractivity contribution in [1.29, 1.82) is 0 Å². The van der Waals surface area contributed by atoms with E-state index in [4.69, 9.17) is 4.74 Å². The highest BCUT2D eigenvalue weighted by atomic mass is 16.5. The molecule has 2 rings (SSSR count). The number of amides is 1. The van der Waals surface area contributed by atoms with Gasteiger partial charge in [0.2, 0.25) is 11.7 Å². The average molecular weight is 360 g/mol. The van der Waals surface area contributed by atoms with Gasteiger partial charge in [-0.15, -0.1) is 5.10 Å². The van der Waals surface area contributed by atoms with Gasteiger partial charge in [-0.2, -0.15) is 5.10 Å². The van der Waals surface area contributed by atoms with Crippen LogP contribution in [-0.4, -0.2) is 40.5 Å². The maximum Gasteiger partial charge on any atom is 0.342 e.